The van der Waals surface area contributed by atoms with Gasteiger partial charge in [-0.25, -0.2) is 0 Å². The maximum atomic E-state index is 12.2. The highest BCUT2D eigenvalue weighted by Gasteiger charge is 2.62. The molecule has 0 spiro atoms. The number of carbonyl (C=O) groups is 1. The molecule has 0 aromatic rings. The number of rotatable bonds is 0. The Morgan fingerprint density at radius 1 is 1.09 bits per heavy atom. The van der Waals surface area contributed by atoms with Gasteiger partial charge in [0.15, 0.2) is 5.78 Å². The van der Waals surface area contributed by atoms with E-state index in [2.05, 4.69) is 27.7 Å². The Balaban J connectivity index is 1.70. The van der Waals surface area contributed by atoms with Crippen molar-refractivity contribution < 1.29 is 9.90 Å². The van der Waals surface area contributed by atoms with Crippen molar-refractivity contribution in [3.05, 3.63) is 11.6 Å². The lowest BCUT2D eigenvalue weighted by Crippen LogP contribution is -2.54. The van der Waals surface area contributed by atoms with Gasteiger partial charge in [-0.15, -0.1) is 0 Å². The summed E-state index contributed by atoms with van der Waals surface area (Å²) in [5.41, 5.74) is 1.28. The predicted octanol–water partition coefficient (Wildman–Crippen LogP) is 4.52. The minimum absolute atomic E-state index is 0.0991. The van der Waals surface area contributed by atoms with Gasteiger partial charge in [-0.1, -0.05) is 26.3 Å². The molecule has 0 amide bonds. The molecule has 0 heterocycles. The van der Waals surface area contributed by atoms with E-state index in [9.17, 15) is 9.90 Å². The van der Waals surface area contributed by atoms with Gasteiger partial charge in [0.25, 0.3) is 0 Å². The van der Waals surface area contributed by atoms with E-state index in [-0.39, 0.29) is 16.7 Å². The van der Waals surface area contributed by atoms with Crippen molar-refractivity contribution in [2.45, 2.75) is 78.2 Å². The van der Waals surface area contributed by atoms with Gasteiger partial charge in [-0.05, 0) is 86.5 Å². The lowest BCUT2D eigenvalue weighted by atomic mass is 9.46. The Morgan fingerprint density at radius 3 is 2.52 bits per heavy atom. The molecule has 4 aliphatic carbocycles. The molecule has 3 fully saturated rings. The molecule has 0 bridgehead atoms. The van der Waals surface area contributed by atoms with Crippen molar-refractivity contribution in [1.29, 1.82) is 0 Å². The molecule has 0 saturated heterocycles. The summed E-state index contributed by atoms with van der Waals surface area (Å²) >= 11 is 0. The highest BCUT2D eigenvalue weighted by atomic mass is 16.3. The first-order chi connectivity index (χ1) is 10.7. The number of ketones is 1. The van der Waals surface area contributed by atoms with Crippen LogP contribution in [0.3, 0.4) is 0 Å². The summed E-state index contributed by atoms with van der Waals surface area (Å²) in [7, 11) is 0. The third-order valence-corrected chi connectivity index (χ3v) is 8.83. The van der Waals surface area contributed by atoms with Crippen LogP contribution in [0.2, 0.25) is 0 Å². The summed E-state index contributed by atoms with van der Waals surface area (Å²) < 4.78 is 0. The van der Waals surface area contributed by atoms with Gasteiger partial charge in [0.2, 0.25) is 0 Å². The molecule has 4 rings (SSSR count). The van der Waals surface area contributed by atoms with Gasteiger partial charge in [0.1, 0.15) is 0 Å². The van der Waals surface area contributed by atoms with Crippen LogP contribution in [0.4, 0.5) is 0 Å². The fourth-order valence-corrected chi connectivity index (χ4v) is 7.14. The number of hydrogen-bond donors (Lipinski definition) is 1. The van der Waals surface area contributed by atoms with Crippen LogP contribution in [-0.2, 0) is 4.79 Å². The lowest BCUT2D eigenvalue weighted by Gasteiger charge is -2.59. The Morgan fingerprint density at radius 2 is 1.78 bits per heavy atom. The van der Waals surface area contributed by atoms with E-state index in [4.69, 9.17) is 0 Å². The molecule has 0 radical (unpaired) electrons. The van der Waals surface area contributed by atoms with E-state index in [0.29, 0.717) is 17.6 Å². The first-order valence-electron chi connectivity index (χ1n) is 9.66. The molecule has 0 unspecified atom stereocenters. The quantitative estimate of drug-likeness (QED) is 0.713. The SMILES string of the molecule is C[C@H]1C[C@@]2(C)C(=CC1=O)CC[C@@H]1[C@@H]2CC[C@@]2(C)[C@H]1CC[C@]2(C)O. The Hall–Kier alpha value is -0.630. The normalized spacial score (nSPS) is 55.7. The van der Waals surface area contributed by atoms with E-state index in [1.807, 2.05) is 6.08 Å². The average Bonchev–Trinajstić information content (AvgIpc) is 2.71. The van der Waals surface area contributed by atoms with Crippen LogP contribution in [0, 0.1) is 34.5 Å². The molecule has 0 aromatic carbocycles. The number of carbonyl (C=O) groups excluding carboxylic acids is 1. The Bertz CT molecular complexity index is 574. The monoisotopic (exact) mass is 316 g/mol. The predicted molar refractivity (Wildman–Crippen MR) is 91.9 cm³/mol. The zero-order valence-corrected chi connectivity index (χ0v) is 15.2. The zero-order chi connectivity index (χ0) is 16.6. The van der Waals surface area contributed by atoms with Crippen LogP contribution in [-0.4, -0.2) is 16.5 Å². The van der Waals surface area contributed by atoms with Gasteiger partial charge in [0, 0.05) is 5.92 Å². The summed E-state index contributed by atoms with van der Waals surface area (Å²) in [5, 5.41) is 11.0. The van der Waals surface area contributed by atoms with Crippen molar-refractivity contribution in [2.75, 3.05) is 0 Å². The molecule has 0 aromatic heterocycles. The van der Waals surface area contributed by atoms with Crippen LogP contribution in [0.15, 0.2) is 11.6 Å². The van der Waals surface area contributed by atoms with E-state index < -0.39 is 5.60 Å². The third kappa shape index (κ3) is 1.94. The second kappa shape index (κ2) is 4.71. The van der Waals surface area contributed by atoms with Gasteiger partial charge in [-0.3, -0.25) is 4.79 Å². The molecule has 2 nitrogen and oxygen atoms in total. The number of allylic oxidation sites excluding steroid dienone is 1. The fraction of sp³-hybridized carbons (Fsp3) is 0.857. The third-order valence-electron chi connectivity index (χ3n) is 8.83. The zero-order valence-electron chi connectivity index (χ0n) is 15.2. The van der Waals surface area contributed by atoms with Gasteiger partial charge in [0.05, 0.1) is 5.60 Å². The largest absolute Gasteiger partial charge is 0.390 e. The highest BCUT2D eigenvalue weighted by Crippen LogP contribution is 2.67. The van der Waals surface area contributed by atoms with E-state index in [1.165, 1.54) is 24.8 Å². The van der Waals surface area contributed by atoms with Crippen LogP contribution < -0.4 is 0 Å². The minimum Gasteiger partial charge on any atom is -0.390 e. The Kier molecular flexibility index (Phi) is 3.25. The van der Waals surface area contributed by atoms with Crippen molar-refractivity contribution in [3.63, 3.8) is 0 Å². The van der Waals surface area contributed by atoms with Gasteiger partial charge >= 0.3 is 0 Å². The average molecular weight is 316 g/mol. The summed E-state index contributed by atoms with van der Waals surface area (Å²) in [4.78, 5) is 12.2. The molecule has 0 aliphatic heterocycles. The van der Waals surface area contributed by atoms with Crippen molar-refractivity contribution in [1.82, 2.24) is 0 Å². The topological polar surface area (TPSA) is 37.3 Å². The molecule has 2 heteroatoms. The molecule has 7 atom stereocenters. The maximum absolute atomic E-state index is 12.2. The molecular weight excluding hydrogens is 284 g/mol. The van der Waals surface area contributed by atoms with Crippen molar-refractivity contribution in [2.24, 2.45) is 34.5 Å². The van der Waals surface area contributed by atoms with E-state index in [1.54, 1.807) is 0 Å². The van der Waals surface area contributed by atoms with Crippen molar-refractivity contribution in [3.8, 4) is 0 Å². The summed E-state index contributed by atoms with van der Waals surface area (Å²) in [5.74, 6) is 2.65. The van der Waals surface area contributed by atoms with E-state index in [0.717, 1.165) is 31.6 Å². The molecule has 128 valence electrons. The van der Waals surface area contributed by atoms with Gasteiger partial charge in [-0.2, -0.15) is 0 Å². The number of fused-ring (bicyclic) bond motifs is 5. The number of hydrogen-bond acceptors (Lipinski definition) is 2. The minimum atomic E-state index is -0.491. The molecular formula is C21H32O2. The number of aliphatic hydroxyl groups is 1. The first kappa shape index (κ1) is 15.9. The first-order valence-corrected chi connectivity index (χ1v) is 9.66. The smallest absolute Gasteiger partial charge is 0.158 e. The van der Waals surface area contributed by atoms with Crippen LogP contribution in [0.5, 0.6) is 0 Å². The van der Waals surface area contributed by atoms with Crippen LogP contribution in [0.25, 0.3) is 0 Å². The molecule has 4 aliphatic rings. The molecule has 3 saturated carbocycles. The van der Waals surface area contributed by atoms with Crippen LogP contribution in [0.1, 0.15) is 72.6 Å². The van der Waals surface area contributed by atoms with Crippen LogP contribution >= 0.6 is 0 Å². The van der Waals surface area contributed by atoms with E-state index >= 15 is 0 Å². The second-order valence-electron chi connectivity index (χ2n) is 9.78. The fourth-order valence-electron chi connectivity index (χ4n) is 7.14. The molecule has 23 heavy (non-hydrogen) atoms. The maximum Gasteiger partial charge on any atom is 0.158 e. The summed E-state index contributed by atoms with van der Waals surface area (Å²) in [6.45, 7) is 8.97. The molecule has 1 N–H and O–H groups in total. The summed E-state index contributed by atoms with van der Waals surface area (Å²) in [6.07, 6.45) is 9.90. The highest BCUT2D eigenvalue weighted by molar-refractivity contribution is 5.93. The van der Waals surface area contributed by atoms with Crippen molar-refractivity contribution >= 4 is 5.78 Å². The Labute approximate surface area is 140 Å². The standard InChI is InChI=1S/C21H32O2/c1-13-12-19(2)14(11-18(13)22)5-6-15-16(19)7-9-20(3)17(15)8-10-21(20,4)23/h11,13,15-17,23H,5-10,12H2,1-4H3/t13-,15+,16-,17-,19-,20-,21-/m0/s1. The second-order valence-corrected chi connectivity index (χ2v) is 9.78. The lowest BCUT2D eigenvalue weighted by molar-refractivity contribution is -0.128. The summed E-state index contributed by atoms with van der Waals surface area (Å²) in [6, 6.07) is 0. The van der Waals surface area contributed by atoms with Gasteiger partial charge < -0.3 is 5.11 Å².